The van der Waals surface area contributed by atoms with Gasteiger partial charge in [-0.1, -0.05) is 59.6 Å². The lowest BCUT2D eigenvalue weighted by Gasteiger charge is -2.41. The van der Waals surface area contributed by atoms with Crippen molar-refractivity contribution in [3.63, 3.8) is 0 Å². The molecule has 1 amide bonds. The molecule has 0 saturated carbocycles. The maximum absolute atomic E-state index is 12.6. The number of halogens is 2. The molecule has 1 atom stereocenters. The third-order valence-corrected chi connectivity index (χ3v) is 6.20. The second-order valence-electron chi connectivity index (χ2n) is 7.88. The van der Waals surface area contributed by atoms with Crippen LogP contribution in [0.15, 0.2) is 48.5 Å². The summed E-state index contributed by atoms with van der Waals surface area (Å²) >= 11 is 12.0. The number of carbonyl (C=O) groups excluding carboxylic acids is 2. The van der Waals surface area contributed by atoms with E-state index in [0.717, 1.165) is 25.2 Å². The number of piperazine rings is 1. The highest BCUT2D eigenvalue weighted by Crippen LogP contribution is 2.22. The molecule has 6 nitrogen and oxygen atoms in total. The van der Waals surface area contributed by atoms with E-state index < -0.39 is 0 Å². The lowest BCUT2D eigenvalue weighted by atomic mass is 10.1. The van der Waals surface area contributed by atoms with Gasteiger partial charge in [0.15, 0.2) is 0 Å². The number of carbonyl (C=O) groups is 2. The number of rotatable bonds is 9. The highest BCUT2D eigenvalue weighted by atomic mass is 35.5. The first-order chi connectivity index (χ1) is 15.4. The van der Waals surface area contributed by atoms with Crippen LogP contribution in [0.25, 0.3) is 0 Å². The van der Waals surface area contributed by atoms with Crippen molar-refractivity contribution in [1.29, 1.82) is 0 Å². The standard InChI is InChI=1S/C24H29Cl2N3O3/c1-2-32-24(31)17-28-10-11-29(15-18-6-4-3-5-7-18)20(16-28)14-27-23(30)13-19-8-9-21(25)22(26)12-19/h3-9,12,20H,2,10-11,13-17H2,1H3,(H,27,30)/t20-/m0/s1. The SMILES string of the molecule is CCOC(=O)CN1CCN(Cc2ccccc2)[C@@H](CNC(=O)Cc2ccc(Cl)c(Cl)c2)C1. The number of amides is 1. The first-order valence-corrected chi connectivity index (χ1v) is 11.6. The summed E-state index contributed by atoms with van der Waals surface area (Å²) in [5.41, 5.74) is 2.03. The fourth-order valence-corrected chi connectivity index (χ4v) is 4.16. The number of esters is 1. The number of ether oxygens (including phenoxy) is 1. The number of hydrogen-bond acceptors (Lipinski definition) is 5. The highest BCUT2D eigenvalue weighted by molar-refractivity contribution is 6.42. The maximum Gasteiger partial charge on any atom is 0.320 e. The van der Waals surface area contributed by atoms with Gasteiger partial charge in [-0.3, -0.25) is 19.4 Å². The number of benzene rings is 2. The zero-order valence-corrected chi connectivity index (χ0v) is 19.7. The molecule has 3 rings (SSSR count). The van der Waals surface area contributed by atoms with Crippen LogP contribution in [0.4, 0.5) is 0 Å². The summed E-state index contributed by atoms with van der Waals surface area (Å²) in [6.45, 7) is 6.00. The summed E-state index contributed by atoms with van der Waals surface area (Å²) in [4.78, 5) is 29.0. The number of hydrogen-bond donors (Lipinski definition) is 1. The van der Waals surface area contributed by atoms with Gasteiger partial charge in [-0.2, -0.15) is 0 Å². The monoisotopic (exact) mass is 477 g/mol. The summed E-state index contributed by atoms with van der Waals surface area (Å²) in [5.74, 6) is -0.294. The average Bonchev–Trinajstić information content (AvgIpc) is 2.77. The van der Waals surface area contributed by atoms with Crippen molar-refractivity contribution >= 4 is 35.1 Å². The molecule has 1 heterocycles. The molecule has 172 valence electrons. The molecular weight excluding hydrogens is 449 g/mol. The predicted molar refractivity (Wildman–Crippen MR) is 127 cm³/mol. The Balaban J connectivity index is 1.60. The van der Waals surface area contributed by atoms with Crippen LogP contribution in [0.5, 0.6) is 0 Å². The van der Waals surface area contributed by atoms with Crippen LogP contribution in [-0.4, -0.2) is 67.0 Å². The Hall–Kier alpha value is -2.12. The average molecular weight is 478 g/mol. The van der Waals surface area contributed by atoms with Gasteiger partial charge in [0.05, 0.1) is 29.6 Å². The molecule has 1 saturated heterocycles. The van der Waals surface area contributed by atoms with E-state index in [0.29, 0.717) is 29.7 Å². The van der Waals surface area contributed by atoms with Crippen LogP contribution >= 0.6 is 23.2 Å². The van der Waals surface area contributed by atoms with Crippen molar-refractivity contribution in [1.82, 2.24) is 15.1 Å². The third kappa shape index (κ3) is 7.48. The predicted octanol–water partition coefficient (Wildman–Crippen LogP) is 3.40. The summed E-state index contributed by atoms with van der Waals surface area (Å²) in [6, 6.07) is 15.6. The molecule has 0 bridgehead atoms. The topological polar surface area (TPSA) is 61.9 Å². The van der Waals surface area contributed by atoms with Gasteiger partial charge >= 0.3 is 5.97 Å². The maximum atomic E-state index is 12.6. The van der Waals surface area contributed by atoms with Crippen LogP contribution in [0.1, 0.15) is 18.1 Å². The minimum absolute atomic E-state index is 0.0782. The van der Waals surface area contributed by atoms with E-state index >= 15 is 0 Å². The molecule has 0 aliphatic carbocycles. The van der Waals surface area contributed by atoms with Crippen molar-refractivity contribution in [3.8, 4) is 0 Å². The van der Waals surface area contributed by atoms with Gasteiger partial charge in [0.1, 0.15) is 0 Å². The summed E-state index contributed by atoms with van der Waals surface area (Å²) in [7, 11) is 0. The molecule has 0 spiro atoms. The van der Waals surface area contributed by atoms with E-state index in [-0.39, 0.29) is 30.9 Å². The molecule has 2 aromatic rings. The molecule has 1 fully saturated rings. The normalized spacial score (nSPS) is 17.2. The van der Waals surface area contributed by atoms with E-state index in [9.17, 15) is 9.59 Å². The first-order valence-electron chi connectivity index (χ1n) is 10.8. The molecule has 1 aliphatic rings. The fraction of sp³-hybridized carbons (Fsp3) is 0.417. The molecule has 32 heavy (non-hydrogen) atoms. The minimum atomic E-state index is -0.216. The zero-order chi connectivity index (χ0) is 22.9. The van der Waals surface area contributed by atoms with Gasteiger partial charge in [0, 0.05) is 38.8 Å². The van der Waals surface area contributed by atoms with Gasteiger partial charge < -0.3 is 10.1 Å². The molecule has 2 aromatic carbocycles. The van der Waals surface area contributed by atoms with Crippen molar-refractivity contribution in [2.24, 2.45) is 0 Å². The molecule has 1 aliphatic heterocycles. The van der Waals surface area contributed by atoms with Gasteiger partial charge in [-0.05, 0) is 30.2 Å². The minimum Gasteiger partial charge on any atom is -0.465 e. The fourth-order valence-electron chi connectivity index (χ4n) is 3.84. The van der Waals surface area contributed by atoms with Crippen LogP contribution in [-0.2, 0) is 27.3 Å². The van der Waals surface area contributed by atoms with Crippen molar-refractivity contribution < 1.29 is 14.3 Å². The van der Waals surface area contributed by atoms with Crippen LogP contribution in [0.3, 0.4) is 0 Å². The van der Waals surface area contributed by atoms with Crippen molar-refractivity contribution in [2.45, 2.75) is 25.9 Å². The van der Waals surface area contributed by atoms with E-state index in [1.165, 1.54) is 5.56 Å². The zero-order valence-electron chi connectivity index (χ0n) is 18.2. The van der Waals surface area contributed by atoms with E-state index in [1.807, 2.05) is 25.1 Å². The largest absolute Gasteiger partial charge is 0.465 e. The molecule has 0 radical (unpaired) electrons. The summed E-state index contributed by atoms with van der Waals surface area (Å²) < 4.78 is 5.10. The first kappa shape index (κ1) is 24.5. The third-order valence-electron chi connectivity index (χ3n) is 5.46. The molecular formula is C24H29Cl2N3O3. The van der Waals surface area contributed by atoms with E-state index in [4.69, 9.17) is 27.9 Å². The smallest absolute Gasteiger partial charge is 0.320 e. The highest BCUT2D eigenvalue weighted by Gasteiger charge is 2.28. The Morgan fingerprint density at radius 3 is 2.56 bits per heavy atom. The van der Waals surface area contributed by atoms with Crippen LogP contribution in [0, 0.1) is 0 Å². The van der Waals surface area contributed by atoms with Crippen molar-refractivity contribution in [3.05, 3.63) is 69.7 Å². The van der Waals surface area contributed by atoms with E-state index in [1.54, 1.807) is 18.2 Å². The van der Waals surface area contributed by atoms with Gasteiger partial charge in [0.25, 0.3) is 0 Å². The van der Waals surface area contributed by atoms with E-state index in [2.05, 4.69) is 27.2 Å². The van der Waals surface area contributed by atoms with Gasteiger partial charge in [0.2, 0.25) is 5.91 Å². The Morgan fingerprint density at radius 1 is 1.06 bits per heavy atom. The second kappa shape index (κ2) is 12.2. The summed E-state index contributed by atoms with van der Waals surface area (Å²) in [6.07, 6.45) is 0.231. The number of nitrogens with one attached hydrogen (secondary N) is 1. The Labute approximate surface area is 199 Å². The lowest BCUT2D eigenvalue weighted by Crippen LogP contribution is -2.57. The quantitative estimate of drug-likeness (QED) is 0.560. The number of nitrogens with zero attached hydrogens (tertiary/aromatic N) is 2. The van der Waals surface area contributed by atoms with Crippen LogP contribution < -0.4 is 5.32 Å². The molecule has 0 unspecified atom stereocenters. The Bertz CT molecular complexity index is 911. The second-order valence-corrected chi connectivity index (χ2v) is 8.69. The van der Waals surface area contributed by atoms with Crippen molar-refractivity contribution in [2.75, 3.05) is 39.3 Å². The summed E-state index contributed by atoms with van der Waals surface area (Å²) in [5, 5.41) is 3.96. The molecule has 1 N–H and O–H groups in total. The molecule has 0 aromatic heterocycles. The Kier molecular flexibility index (Phi) is 9.36. The Morgan fingerprint density at radius 2 is 1.84 bits per heavy atom. The lowest BCUT2D eigenvalue weighted by molar-refractivity contribution is -0.145. The van der Waals surface area contributed by atoms with Crippen LogP contribution in [0.2, 0.25) is 10.0 Å². The molecule has 8 heteroatoms. The van der Waals surface area contributed by atoms with Gasteiger partial charge in [-0.25, -0.2) is 0 Å². The van der Waals surface area contributed by atoms with Gasteiger partial charge in [-0.15, -0.1) is 0 Å².